The predicted octanol–water partition coefficient (Wildman–Crippen LogP) is 2.54. The fourth-order valence-electron chi connectivity index (χ4n) is 2.32. The van der Waals surface area contributed by atoms with Crippen LogP contribution in [0.5, 0.6) is 0 Å². The molecule has 1 aliphatic rings. The number of rotatable bonds is 3. The molecule has 0 amide bonds. The molecule has 0 aromatic heterocycles. The van der Waals surface area contributed by atoms with Crippen molar-refractivity contribution in [2.75, 3.05) is 18.0 Å². The van der Waals surface area contributed by atoms with Gasteiger partial charge in [0.2, 0.25) is 0 Å². The van der Waals surface area contributed by atoms with Gasteiger partial charge in [-0.25, -0.2) is 8.78 Å². The second-order valence-electron chi connectivity index (χ2n) is 4.83. The Morgan fingerprint density at radius 2 is 2.12 bits per heavy atom. The molecule has 0 spiro atoms. The Kier molecular flexibility index (Phi) is 3.62. The number of hydrogen-bond acceptors (Lipinski definition) is 2. The second kappa shape index (κ2) is 5.00. The van der Waals surface area contributed by atoms with Gasteiger partial charge in [0.25, 0.3) is 0 Å². The Morgan fingerprint density at radius 1 is 1.35 bits per heavy atom. The zero-order valence-corrected chi connectivity index (χ0v) is 10.2. The molecule has 4 heteroatoms. The molecule has 1 unspecified atom stereocenters. The molecule has 0 aliphatic carbocycles. The van der Waals surface area contributed by atoms with Gasteiger partial charge in [-0.1, -0.05) is 19.9 Å². The number of benzene rings is 1. The second-order valence-corrected chi connectivity index (χ2v) is 4.83. The number of nitrogens with zero attached hydrogens (tertiary/aromatic N) is 1. The minimum absolute atomic E-state index is 0.359. The summed E-state index contributed by atoms with van der Waals surface area (Å²) in [7, 11) is 0. The highest BCUT2D eigenvalue weighted by Crippen LogP contribution is 2.25. The van der Waals surface area contributed by atoms with Gasteiger partial charge in [0.15, 0.2) is 11.6 Å². The molecule has 94 valence electrons. The molecular formula is C13H18F2N2. The summed E-state index contributed by atoms with van der Waals surface area (Å²) >= 11 is 0. The fraction of sp³-hybridized carbons (Fsp3) is 0.538. The Labute approximate surface area is 101 Å². The van der Waals surface area contributed by atoms with Crippen molar-refractivity contribution in [3.05, 3.63) is 29.8 Å². The first-order chi connectivity index (χ1) is 8.08. The van der Waals surface area contributed by atoms with Crippen LogP contribution >= 0.6 is 0 Å². The Hall–Kier alpha value is -1.16. The third-order valence-electron chi connectivity index (χ3n) is 3.03. The minimum Gasteiger partial charge on any atom is -0.367 e. The molecule has 1 aromatic carbocycles. The van der Waals surface area contributed by atoms with Gasteiger partial charge in [0.1, 0.15) is 0 Å². The maximum Gasteiger partial charge on any atom is 0.182 e. The number of hydrogen-bond donors (Lipinski definition) is 1. The zero-order valence-electron chi connectivity index (χ0n) is 10.2. The van der Waals surface area contributed by atoms with Crippen molar-refractivity contribution in [3.8, 4) is 0 Å². The first-order valence-corrected chi connectivity index (χ1v) is 6.03. The highest BCUT2D eigenvalue weighted by molar-refractivity contribution is 5.49. The van der Waals surface area contributed by atoms with Gasteiger partial charge in [0.05, 0.1) is 5.69 Å². The van der Waals surface area contributed by atoms with Crippen molar-refractivity contribution in [1.29, 1.82) is 0 Å². The summed E-state index contributed by atoms with van der Waals surface area (Å²) in [6.07, 6.45) is 0.966. The molecular weight excluding hydrogens is 222 g/mol. The van der Waals surface area contributed by atoms with Crippen LogP contribution in [0.3, 0.4) is 0 Å². The Bertz CT molecular complexity index is 393. The van der Waals surface area contributed by atoms with Gasteiger partial charge in [-0.05, 0) is 18.6 Å². The normalized spacial score (nSPS) is 20.3. The van der Waals surface area contributed by atoms with E-state index in [1.165, 1.54) is 0 Å². The summed E-state index contributed by atoms with van der Waals surface area (Å²) in [4.78, 5) is 1.90. The third-order valence-corrected chi connectivity index (χ3v) is 3.03. The van der Waals surface area contributed by atoms with E-state index >= 15 is 0 Å². The van der Waals surface area contributed by atoms with Crippen LogP contribution in [0.25, 0.3) is 0 Å². The zero-order chi connectivity index (χ0) is 12.4. The number of nitrogens with one attached hydrogen (secondary N) is 1. The molecule has 2 nitrogen and oxygen atoms in total. The molecule has 0 bridgehead atoms. The Morgan fingerprint density at radius 3 is 2.82 bits per heavy atom. The molecule has 1 saturated heterocycles. The van der Waals surface area contributed by atoms with Crippen molar-refractivity contribution < 1.29 is 8.78 Å². The molecule has 1 aromatic rings. The van der Waals surface area contributed by atoms with Crippen LogP contribution in [0.15, 0.2) is 18.2 Å². The number of anilines is 1. The topological polar surface area (TPSA) is 15.3 Å². The predicted molar refractivity (Wildman–Crippen MR) is 65.2 cm³/mol. The summed E-state index contributed by atoms with van der Waals surface area (Å²) in [6.45, 7) is 5.68. The van der Waals surface area contributed by atoms with Gasteiger partial charge in [-0.3, -0.25) is 0 Å². The van der Waals surface area contributed by atoms with Crippen molar-refractivity contribution in [1.82, 2.24) is 5.32 Å². The summed E-state index contributed by atoms with van der Waals surface area (Å²) in [5.74, 6) is -1.51. The van der Waals surface area contributed by atoms with Crippen molar-refractivity contribution in [3.63, 3.8) is 0 Å². The quantitative estimate of drug-likeness (QED) is 0.873. The van der Waals surface area contributed by atoms with Gasteiger partial charge in [-0.15, -0.1) is 0 Å². The lowest BCUT2D eigenvalue weighted by Crippen LogP contribution is -2.37. The van der Waals surface area contributed by atoms with Gasteiger partial charge < -0.3 is 10.2 Å². The maximum atomic E-state index is 13.6. The smallest absolute Gasteiger partial charge is 0.182 e. The lowest BCUT2D eigenvalue weighted by Gasteiger charge is -2.20. The molecule has 0 saturated carbocycles. The SMILES string of the molecule is CC(C)NC1CCN(c2cccc(F)c2F)C1. The van der Waals surface area contributed by atoms with Gasteiger partial charge >= 0.3 is 0 Å². The van der Waals surface area contributed by atoms with E-state index in [9.17, 15) is 8.78 Å². The van der Waals surface area contributed by atoms with Gasteiger partial charge in [0, 0.05) is 25.2 Å². The summed E-state index contributed by atoms with van der Waals surface area (Å²) < 4.78 is 26.7. The lowest BCUT2D eigenvalue weighted by atomic mass is 10.2. The van der Waals surface area contributed by atoms with E-state index in [1.807, 2.05) is 4.90 Å². The monoisotopic (exact) mass is 240 g/mol. The van der Waals surface area contributed by atoms with Gasteiger partial charge in [-0.2, -0.15) is 0 Å². The van der Waals surface area contributed by atoms with E-state index in [0.717, 1.165) is 25.6 Å². The van der Waals surface area contributed by atoms with Crippen LogP contribution in [0.1, 0.15) is 20.3 Å². The molecule has 1 fully saturated rings. The first kappa shape index (κ1) is 12.3. The highest BCUT2D eigenvalue weighted by atomic mass is 19.2. The highest BCUT2D eigenvalue weighted by Gasteiger charge is 2.25. The number of halogens is 2. The molecule has 0 radical (unpaired) electrons. The largest absolute Gasteiger partial charge is 0.367 e. The first-order valence-electron chi connectivity index (χ1n) is 6.03. The van der Waals surface area contributed by atoms with Crippen molar-refractivity contribution in [2.24, 2.45) is 0 Å². The van der Waals surface area contributed by atoms with E-state index in [0.29, 0.717) is 17.8 Å². The summed E-state index contributed by atoms with van der Waals surface area (Å²) in [5, 5.41) is 3.42. The summed E-state index contributed by atoms with van der Waals surface area (Å²) in [5.41, 5.74) is 0.373. The minimum atomic E-state index is -0.775. The van der Waals surface area contributed by atoms with Crippen LogP contribution < -0.4 is 10.2 Å². The van der Waals surface area contributed by atoms with Crippen LogP contribution in [-0.2, 0) is 0 Å². The van der Waals surface area contributed by atoms with E-state index in [1.54, 1.807) is 12.1 Å². The lowest BCUT2D eigenvalue weighted by molar-refractivity contribution is 0.489. The molecule has 1 N–H and O–H groups in total. The third kappa shape index (κ3) is 2.75. The molecule has 1 atom stereocenters. The average molecular weight is 240 g/mol. The molecule has 17 heavy (non-hydrogen) atoms. The standard InChI is InChI=1S/C13H18F2N2/c1-9(2)16-10-6-7-17(8-10)12-5-3-4-11(14)13(12)15/h3-5,9-10,16H,6-8H2,1-2H3. The fourth-order valence-corrected chi connectivity index (χ4v) is 2.32. The van der Waals surface area contributed by atoms with E-state index in [2.05, 4.69) is 19.2 Å². The van der Waals surface area contributed by atoms with Crippen LogP contribution in [0.4, 0.5) is 14.5 Å². The summed E-state index contributed by atoms with van der Waals surface area (Å²) in [6, 6.07) is 5.11. The van der Waals surface area contributed by atoms with Crippen LogP contribution in [-0.4, -0.2) is 25.2 Å². The van der Waals surface area contributed by atoms with E-state index < -0.39 is 11.6 Å². The van der Waals surface area contributed by atoms with Crippen LogP contribution in [0, 0.1) is 11.6 Å². The molecule has 1 heterocycles. The van der Waals surface area contributed by atoms with Crippen molar-refractivity contribution in [2.45, 2.75) is 32.4 Å². The van der Waals surface area contributed by atoms with Crippen LogP contribution in [0.2, 0.25) is 0 Å². The molecule has 1 aliphatic heterocycles. The maximum absolute atomic E-state index is 13.6. The van der Waals surface area contributed by atoms with E-state index in [-0.39, 0.29) is 0 Å². The Balaban J connectivity index is 2.07. The molecule has 2 rings (SSSR count). The average Bonchev–Trinajstić information content (AvgIpc) is 2.69. The van der Waals surface area contributed by atoms with E-state index in [4.69, 9.17) is 0 Å². The van der Waals surface area contributed by atoms with Crippen molar-refractivity contribution >= 4 is 5.69 Å².